The van der Waals surface area contributed by atoms with Gasteiger partial charge in [-0.25, -0.2) is 4.98 Å². The first-order valence-electron chi connectivity index (χ1n) is 8.73. The molecular weight excluding hydrogens is 304 g/mol. The van der Waals surface area contributed by atoms with Crippen LogP contribution in [0.15, 0.2) is 22.7 Å². The molecule has 1 fully saturated rings. The van der Waals surface area contributed by atoms with Crippen LogP contribution in [-0.4, -0.2) is 26.9 Å². The summed E-state index contributed by atoms with van der Waals surface area (Å²) >= 11 is 0. The molecule has 0 bridgehead atoms. The molecule has 6 heteroatoms. The summed E-state index contributed by atoms with van der Waals surface area (Å²) in [5.74, 6) is 3.45. The normalized spacial score (nSPS) is 20.8. The predicted octanol–water partition coefficient (Wildman–Crippen LogP) is 2.39. The molecule has 0 spiro atoms. The maximum absolute atomic E-state index is 11.8. The van der Waals surface area contributed by atoms with E-state index in [4.69, 9.17) is 4.42 Å². The molecule has 3 heterocycles. The number of aryl methyl sites for hydroxylation is 1. The van der Waals surface area contributed by atoms with Gasteiger partial charge in [-0.05, 0) is 38.8 Å². The molecule has 0 aromatic carbocycles. The van der Waals surface area contributed by atoms with Crippen LogP contribution in [0.5, 0.6) is 0 Å². The minimum atomic E-state index is 0.184. The molecule has 0 saturated heterocycles. The third-order valence-electron chi connectivity index (χ3n) is 5.05. The number of amides is 1. The molecule has 6 nitrogen and oxygen atoms in total. The smallest absolute Gasteiger partial charge is 0.223 e. The molecule has 1 aliphatic carbocycles. The standard InChI is InChI=1S/C18H24N4O2/c1-12-3-6-16(24-12)11-21-7-8-22-15(9-19-17(22)13(21)2)10-20-18(23)14-4-5-14/h3,6,9,13-14H,4-5,7-8,10-11H2,1-2H3,(H,20,23)/t13-/m0/s1. The first-order chi connectivity index (χ1) is 11.6. The van der Waals surface area contributed by atoms with Gasteiger partial charge in [0, 0.05) is 19.0 Å². The van der Waals surface area contributed by atoms with Crippen molar-refractivity contribution in [3.05, 3.63) is 41.4 Å². The van der Waals surface area contributed by atoms with Gasteiger partial charge < -0.3 is 14.3 Å². The second-order valence-corrected chi connectivity index (χ2v) is 6.91. The van der Waals surface area contributed by atoms with Gasteiger partial charge in [0.2, 0.25) is 5.91 Å². The Labute approximate surface area is 141 Å². The predicted molar refractivity (Wildman–Crippen MR) is 89.1 cm³/mol. The van der Waals surface area contributed by atoms with Crippen molar-refractivity contribution in [3.8, 4) is 0 Å². The molecule has 0 unspecified atom stereocenters. The van der Waals surface area contributed by atoms with E-state index in [-0.39, 0.29) is 17.9 Å². The van der Waals surface area contributed by atoms with Crippen LogP contribution in [0.2, 0.25) is 0 Å². The summed E-state index contributed by atoms with van der Waals surface area (Å²) in [6, 6.07) is 4.28. The summed E-state index contributed by atoms with van der Waals surface area (Å²) in [5, 5.41) is 3.04. The lowest BCUT2D eigenvalue weighted by atomic mass is 10.2. The fourth-order valence-corrected chi connectivity index (χ4v) is 3.40. The Balaban J connectivity index is 1.43. The number of fused-ring (bicyclic) bond motifs is 1. The van der Waals surface area contributed by atoms with Crippen LogP contribution in [0.3, 0.4) is 0 Å². The van der Waals surface area contributed by atoms with Crippen LogP contribution in [0.1, 0.15) is 48.8 Å². The number of hydrogen-bond donors (Lipinski definition) is 1. The first kappa shape index (κ1) is 15.4. The fourth-order valence-electron chi connectivity index (χ4n) is 3.40. The number of rotatable bonds is 5. The Morgan fingerprint density at radius 3 is 2.92 bits per heavy atom. The maximum atomic E-state index is 11.8. The number of nitrogens with zero attached hydrogens (tertiary/aromatic N) is 3. The summed E-state index contributed by atoms with van der Waals surface area (Å²) in [6.07, 6.45) is 3.97. The number of hydrogen-bond acceptors (Lipinski definition) is 4. The van der Waals surface area contributed by atoms with Gasteiger partial charge in [-0.3, -0.25) is 9.69 Å². The van der Waals surface area contributed by atoms with Gasteiger partial charge in [-0.1, -0.05) is 0 Å². The summed E-state index contributed by atoms with van der Waals surface area (Å²) in [7, 11) is 0. The third-order valence-corrected chi connectivity index (χ3v) is 5.05. The fraction of sp³-hybridized carbons (Fsp3) is 0.556. The van der Waals surface area contributed by atoms with Crippen LogP contribution >= 0.6 is 0 Å². The molecule has 1 N–H and O–H groups in total. The van der Waals surface area contributed by atoms with Gasteiger partial charge in [0.1, 0.15) is 17.3 Å². The minimum absolute atomic E-state index is 0.184. The van der Waals surface area contributed by atoms with Crippen molar-refractivity contribution in [2.75, 3.05) is 6.54 Å². The van der Waals surface area contributed by atoms with Gasteiger partial charge in [0.05, 0.1) is 31.0 Å². The van der Waals surface area contributed by atoms with Crippen molar-refractivity contribution >= 4 is 5.91 Å². The summed E-state index contributed by atoms with van der Waals surface area (Å²) < 4.78 is 7.96. The molecule has 1 aliphatic heterocycles. The van der Waals surface area contributed by atoms with Crippen LogP contribution in [0, 0.1) is 12.8 Å². The minimum Gasteiger partial charge on any atom is -0.465 e. The molecule has 1 atom stereocenters. The molecular formula is C18H24N4O2. The van der Waals surface area contributed by atoms with Crippen LogP contribution in [-0.2, 0) is 24.4 Å². The Bertz CT molecular complexity index is 744. The van der Waals surface area contributed by atoms with Gasteiger partial charge >= 0.3 is 0 Å². The highest BCUT2D eigenvalue weighted by atomic mass is 16.3. The summed E-state index contributed by atoms with van der Waals surface area (Å²) in [4.78, 5) is 18.8. The van der Waals surface area contributed by atoms with E-state index < -0.39 is 0 Å². The van der Waals surface area contributed by atoms with Crippen molar-refractivity contribution < 1.29 is 9.21 Å². The van der Waals surface area contributed by atoms with E-state index in [1.807, 2.05) is 25.3 Å². The molecule has 2 aromatic rings. The van der Waals surface area contributed by atoms with Crippen LogP contribution in [0.4, 0.5) is 0 Å². The largest absolute Gasteiger partial charge is 0.465 e. The number of nitrogens with one attached hydrogen (secondary N) is 1. The Hall–Kier alpha value is -2.08. The quantitative estimate of drug-likeness (QED) is 0.915. The Morgan fingerprint density at radius 2 is 2.21 bits per heavy atom. The van der Waals surface area contributed by atoms with Gasteiger partial charge in [0.15, 0.2) is 0 Å². The lowest BCUT2D eigenvalue weighted by molar-refractivity contribution is -0.122. The lowest BCUT2D eigenvalue weighted by Crippen LogP contribution is -2.37. The van der Waals surface area contributed by atoms with Crippen molar-refractivity contribution in [1.82, 2.24) is 19.8 Å². The Morgan fingerprint density at radius 1 is 1.38 bits per heavy atom. The zero-order chi connectivity index (χ0) is 16.7. The SMILES string of the molecule is Cc1ccc(CN2CCn3c(CNC(=O)C4CC4)cnc3[C@@H]2C)o1. The molecule has 2 aliphatic rings. The third kappa shape index (κ3) is 2.98. The average molecular weight is 328 g/mol. The van der Waals surface area contributed by atoms with Crippen molar-refractivity contribution in [2.45, 2.75) is 52.4 Å². The number of imidazole rings is 1. The topological polar surface area (TPSA) is 63.3 Å². The van der Waals surface area contributed by atoms with Gasteiger partial charge in [-0.15, -0.1) is 0 Å². The number of carbonyl (C=O) groups is 1. The average Bonchev–Trinajstić information content (AvgIpc) is 3.22. The molecule has 4 rings (SSSR count). The molecule has 1 amide bonds. The second kappa shape index (κ2) is 6.09. The maximum Gasteiger partial charge on any atom is 0.223 e. The summed E-state index contributed by atoms with van der Waals surface area (Å²) in [6.45, 7) is 7.38. The van der Waals surface area contributed by atoms with Gasteiger partial charge in [0.25, 0.3) is 0 Å². The monoisotopic (exact) mass is 328 g/mol. The second-order valence-electron chi connectivity index (χ2n) is 6.91. The Kier molecular flexibility index (Phi) is 3.92. The highest BCUT2D eigenvalue weighted by Gasteiger charge is 2.30. The zero-order valence-corrected chi connectivity index (χ0v) is 14.3. The van der Waals surface area contributed by atoms with Crippen molar-refractivity contribution in [3.63, 3.8) is 0 Å². The van der Waals surface area contributed by atoms with Crippen molar-refractivity contribution in [2.24, 2.45) is 5.92 Å². The highest BCUT2D eigenvalue weighted by Crippen LogP contribution is 2.29. The van der Waals surface area contributed by atoms with Gasteiger partial charge in [-0.2, -0.15) is 0 Å². The van der Waals surface area contributed by atoms with Crippen LogP contribution in [0.25, 0.3) is 0 Å². The van der Waals surface area contributed by atoms with E-state index in [0.29, 0.717) is 6.54 Å². The van der Waals surface area contributed by atoms with Crippen molar-refractivity contribution in [1.29, 1.82) is 0 Å². The number of furan rings is 1. The first-order valence-corrected chi connectivity index (χ1v) is 8.73. The van der Waals surface area contributed by atoms with Crippen LogP contribution < -0.4 is 5.32 Å². The number of carbonyl (C=O) groups excluding carboxylic acids is 1. The molecule has 0 radical (unpaired) electrons. The van der Waals surface area contributed by atoms with E-state index in [1.54, 1.807) is 0 Å². The highest BCUT2D eigenvalue weighted by molar-refractivity contribution is 5.80. The van der Waals surface area contributed by atoms with E-state index in [0.717, 1.165) is 55.5 Å². The number of aromatic nitrogens is 2. The molecule has 24 heavy (non-hydrogen) atoms. The molecule has 2 aromatic heterocycles. The molecule has 1 saturated carbocycles. The zero-order valence-electron chi connectivity index (χ0n) is 14.3. The van der Waals surface area contributed by atoms with E-state index in [9.17, 15) is 4.79 Å². The van der Waals surface area contributed by atoms with E-state index >= 15 is 0 Å². The van der Waals surface area contributed by atoms with E-state index in [2.05, 4.69) is 26.7 Å². The lowest BCUT2D eigenvalue weighted by Gasteiger charge is -2.33. The van der Waals surface area contributed by atoms with E-state index in [1.165, 1.54) is 0 Å². The molecule has 128 valence electrons. The summed E-state index contributed by atoms with van der Waals surface area (Å²) in [5.41, 5.74) is 1.10.